The average molecular weight is 180 g/mol. The van der Waals surface area contributed by atoms with E-state index in [9.17, 15) is 0 Å². The summed E-state index contributed by atoms with van der Waals surface area (Å²) in [5.74, 6) is 0. The van der Waals surface area contributed by atoms with Crippen LogP contribution in [-0.4, -0.2) is 24.9 Å². The Labute approximate surface area is 79.2 Å². The molecule has 0 spiro atoms. The van der Waals surface area contributed by atoms with Gasteiger partial charge in [-0.1, -0.05) is 30.3 Å². The van der Waals surface area contributed by atoms with Crippen molar-refractivity contribution in [3.8, 4) is 0 Å². The first kappa shape index (κ1) is 10.2. The van der Waals surface area contributed by atoms with Crippen molar-refractivity contribution in [3.05, 3.63) is 35.9 Å². The summed E-state index contributed by atoms with van der Waals surface area (Å²) in [4.78, 5) is 0. The van der Waals surface area contributed by atoms with Crippen LogP contribution < -0.4 is 0 Å². The van der Waals surface area contributed by atoms with Crippen molar-refractivity contribution < 1.29 is 9.84 Å². The van der Waals surface area contributed by atoms with E-state index in [0.717, 1.165) is 12.8 Å². The van der Waals surface area contributed by atoms with E-state index < -0.39 is 0 Å². The number of aliphatic hydroxyl groups is 1. The second-order valence-corrected chi connectivity index (χ2v) is 3.06. The molecule has 0 bridgehead atoms. The molecule has 0 radical (unpaired) electrons. The highest BCUT2D eigenvalue weighted by molar-refractivity contribution is 5.14. The minimum atomic E-state index is -0.0276. The van der Waals surface area contributed by atoms with Gasteiger partial charge in [-0.25, -0.2) is 0 Å². The van der Waals surface area contributed by atoms with Crippen LogP contribution in [0.25, 0.3) is 0 Å². The Morgan fingerprint density at radius 1 is 1.31 bits per heavy atom. The van der Waals surface area contributed by atoms with Crippen LogP contribution in [-0.2, 0) is 11.2 Å². The molecule has 0 aliphatic carbocycles. The average Bonchev–Trinajstić information content (AvgIpc) is 2.21. The molecule has 72 valence electrons. The lowest BCUT2D eigenvalue weighted by atomic mass is 10.1. The van der Waals surface area contributed by atoms with E-state index in [0.29, 0.717) is 0 Å². The third-order valence-electron chi connectivity index (χ3n) is 2.13. The van der Waals surface area contributed by atoms with Crippen LogP contribution >= 0.6 is 0 Å². The molecule has 0 saturated carbocycles. The van der Waals surface area contributed by atoms with Gasteiger partial charge in [-0.3, -0.25) is 0 Å². The normalized spacial score (nSPS) is 12.8. The summed E-state index contributed by atoms with van der Waals surface area (Å²) >= 11 is 0. The highest BCUT2D eigenvalue weighted by atomic mass is 16.5. The molecule has 1 rings (SSSR count). The quantitative estimate of drug-likeness (QED) is 0.746. The van der Waals surface area contributed by atoms with Crippen LogP contribution in [0.1, 0.15) is 12.0 Å². The van der Waals surface area contributed by atoms with E-state index in [2.05, 4.69) is 12.1 Å². The molecule has 0 unspecified atom stereocenters. The maximum absolute atomic E-state index is 8.88. The van der Waals surface area contributed by atoms with Gasteiger partial charge in [0.25, 0.3) is 0 Å². The van der Waals surface area contributed by atoms with Gasteiger partial charge in [0.1, 0.15) is 0 Å². The predicted molar refractivity (Wildman–Crippen MR) is 52.6 cm³/mol. The molecule has 0 aliphatic rings. The number of ether oxygens (including phenoxy) is 1. The third-order valence-corrected chi connectivity index (χ3v) is 2.13. The highest BCUT2D eigenvalue weighted by Gasteiger charge is 2.04. The summed E-state index contributed by atoms with van der Waals surface area (Å²) in [6.07, 6.45) is 1.80. The van der Waals surface area contributed by atoms with E-state index in [4.69, 9.17) is 9.84 Å². The molecule has 0 heterocycles. The van der Waals surface area contributed by atoms with Crippen molar-refractivity contribution in [1.29, 1.82) is 0 Å². The van der Waals surface area contributed by atoms with Crippen LogP contribution in [0.15, 0.2) is 30.3 Å². The number of methoxy groups -OCH3 is 1. The van der Waals surface area contributed by atoms with Gasteiger partial charge >= 0.3 is 0 Å². The van der Waals surface area contributed by atoms with E-state index >= 15 is 0 Å². The van der Waals surface area contributed by atoms with Crippen LogP contribution in [0, 0.1) is 0 Å². The standard InChI is InChI=1S/C11H16O2/c1-13-11(9-12)8-7-10-5-3-2-4-6-10/h2-6,11-12H,7-9H2,1H3/t11-/m0/s1. The van der Waals surface area contributed by atoms with Crippen LogP contribution in [0.4, 0.5) is 0 Å². The molecule has 1 atom stereocenters. The van der Waals surface area contributed by atoms with Gasteiger partial charge in [-0.15, -0.1) is 0 Å². The zero-order chi connectivity index (χ0) is 9.52. The predicted octanol–water partition coefficient (Wildman–Crippen LogP) is 1.63. The fourth-order valence-corrected chi connectivity index (χ4v) is 1.26. The second-order valence-electron chi connectivity index (χ2n) is 3.06. The largest absolute Gasteiger partial charge is 0.394 e. The maximum atomic E-state index is 8.88. The lowest BCUT2D eigenvalue weighted by Gasteiger charge is -2.11. The van der Waals surface area contributed by atoms with Gasteiger partial charge in [0.2, 0.25) is 0 Å². The Hall–Kier alpha value is -0.860. The first-order chi connectivity index (χ1) is 6.36. The molecule has 1 aromatic rings. The number of hydrogen-bond donors (Lipinski definition) is 1. The van der Waals surface area contributed by atoms with Gasteiger partial charge in [0.05, 0.1) is 12.7 Å². The molecule has 1 aromatic carbocycles. The Bertz CT molecular complexity index is 217. The van der Waals surface area contributed by atoms with Crippen LogP contribution in [0.2, 0.25) is 0 Å². The van der Waals surface area contributed by atoms with E-state index in [1.165, 1.54) is 5.56 Å². The van der Waals surface area contributed by atoms with Gasteiger partial charge in [0.15, 0.2) is 0 Å². The fourth-order valence-electron chi connectivity index (χ4n) is 1.26. The summed E-state index contributed by atoms with van der Waals surface area (Å²) < 4.78 is 5.07. The molecule has 0 amide bonds. The zero-order valence-corrected chi connectivity index (χ0v) is 7.94. The third kappa shape index (κ3) is 3.57. The van der Waals surface area contributed by atoms with E-state index in [-0.39, 0.29) is 12.7 Å². The van der Waals surface area contributed by atoms with Crippen LogP contribution in [0.5, 0.6) is 0 Å². The topological polar surface area (TPSA) is 29.5 Å². The highest BCUT2D eigenvalue weighted by Crippen LogP contribution is 2.06. The minimum Gasteiger partial charge on any atom is -0.394 e. The van der Waals surface area contributed by atoms with Crippen molar-refractivity contribution in [2.24, 2.45) is 0 Å². The minimum absolute atomic E-state index is 0.0276. The number of aliphatic hydroxyl groups excluding tert-OH is 1. The Kier molecular flexibility index (Phi) is 4.50. The second kappa shape index (κ2) is 5.73. The summed E-state index contributed by atoms with van der Waals surface area (Å²) in [6.45, 7) is 0.101. The SMILES string of the molecule is CO[C@H](CO)CCc1ccccc1. The molecular formula is C11H16O2. The first-order valence-electron chi connectivity index (χ1n) is 4.54. The fraction of sp³-hybridized carbons (Fsp3) is 0.455. The number of benzene rings is 1. The number of rotatable bonds is 5. The lowest BCUT2D eigenvalue weighted by Crippen LogP contribution is -2.16. The molecule has 0 saturated heterocycles. The van der Waals surface area contributed by atoms with Crippen LogP contribution in [0.3, 0.4) is 0 Å². The van der Waals surface area contributed by atoms with Crippen molar-refractivity contribution in [2.75, 3.05) is 13.7 Å². The summed E-state index contributed by atoms with van der Waals surface area (Å²) in [5.41, 5.74) is 1.29. The van der Waals surface area contributed by atoms with Gasteiger partial charge in [0, 0.05) is 7.11 Å². The van der Waals surface area contributed by atoms with Crippen molar-refractivity contribution in [3.63, 3.8) is 0 Å². The summed E-state index contributed by atoms with van der Waals surface area (Å²) in [6, 6.07) is 10.2. The van der Waals surface area contributed by atoms with Crippen molar-refractivity contribution >= 4 is 0 Å². The monoisotopic (exact) mass is 180 g/mol. The number of hydrogen-bond acceptors (Lipinski definition) is 2. The van der Waals surface area contributed by atoms with E-state index in [1.807, 2.05) is 18.2 Å². The molecule has 1 N–H and O–H groups in total. The van der Waals surface area contributed by atoms with Crippen molar-refractivity contribution in [2.45, 2.75) is 18.9 Å². The Balaban J connectivity index is 2.34. The Morgan fingerprint density at radius 2 is 2.00 bits per heavy atom. The maximum Gasteiger partial charge on any atom is 0.0805 e. The summed E-state index contributed by atoms with van der Waals surface area (Å²) in [7, 11) is 1.63. The smallest absolute Gasteiger partial charge is 0.0805 e. The van der Waals surface area contributed by atoms with Gasteiger partial charge in [-0.05, 0) is 18.4 Å². The Morgan fingerprint density at radius 3 is 2.54 bits per heavy atom. The molecule has 0 aliphatic heterocycles. The molecule has 2 nitrogen and oxygen atoms in total. The van der Waals surface area contributed by atoms with Gasteiger partial charge < -0.3 is 9.84 Å². The first-order valence-corrected chi connectivity index (χ1v) is 4.54. The lowest BCUT2D eigenvalue weighted by molar-refractivity contribution is 0.0435. The zero-order valence-electron chi connectivity index (χ0n) is 7.94. The molecule has 2 heteroatoms. The van der Waals surface area contributed by atoms with E-state index in [1.54, 1.807) is 7.11 Å². The van der Waals surface area contributed by atoms with Gasteiger partial charge in [-0.2, -0.15) is 0 Å². The molecule has 0 aromatic heterocycles. The molecule has 0 fully saturated rings. The molecule has 13 heavy (non-hydrogen) atoms. The number of aryl methyl sites for hydroxylation is 1. The molecular weight excluding hydrogens is 164 g/mol. The van der Waals surface area contributed by atoms with Crippen molar-refractivity contribution in [1.82, 2.24) is 0 Å². The summed E-state index contributed by atoms with van der Waals surface area (Å²) in [5, 5.41) is 8.88.